The van der Waals surface area contributed by atoms with E-state index in [-0.39, 0.29) is 6.10 Å². The van der Waals surface area contributed by atoms with Gasteiger partial charge in [0, 0.05) is 5.56 Å². The van der Waals surface area contributed by atoms with E-state index >= 15 is 0 Å². The van der Waals surface area contributed by atoms with Gasteiger partial charge in [-0.05, 0) is 24.8 Å². The Bertz CT molecular complexity index is 292. The van der Waals surface area contributed by atoms with Gasteiger partial charge in [-0.3, -0.25) is 0 Å². The maximum absolute atomic E-state index is 9.89. The first-order valence-electron chi connectivity index (χ1n) is 4.64. The second kappa shape index (κ2) is 3.38. The summed E-state index contributed by atoms with van der Waals surface area (Å²) in [5.41, 5.74) is 0.924. The van der Waals surface area contributed by atoms with Gasteiger partial charge in [-0.15, -0.1) is 0 Å². The van der Waals surface area contributed by atoms with Crippen LogP contribution in [-0.4, -0.2) is 12.2 Å². The van der Waals surface area contributed by atoms with Crippen LogP contribution < -0.4 is 4.74 Å². The van der Waals surface area contributed by atoms with Crippen LogP contribution in [0.25, 0.3) is 0 Å². The second-order valence-corrected chi connectivity index (χ2v) is 3.52. The molecule has 70 valence electrons. The third-order valence-corrected chi connectivity index (χ3v) is 2.53. The SMILES string of the molecule is COc1ccccc1C(O)C1CC1. The molecular weight excluding hydrogens is 164 g/mol. The number of hydrogen-bond acceptors (Lipinski definition) is 2. The van der Waals surface area contributed by atoms with E-state index in [0.717, 1.165) is 24.2 Å². The summed E-state index contributed by atoms with van der Waals surface area (Å²) in [6, 6.07) is 7.67. The van der Waals surface area contributed by atoms with Crippen LogP contribution >= 0.6 is 0 Å². The van der Waals surface area contributed by atoms with Gasteiger partial charge >= 0.3 is 0 Å². The predicted molar refractivity (Wildman–Crippen MR) is 50.7 cm³/mol. The molecule has 1 unspecified atom stereocenters. The topological polar surface area (TPSA) is 29.5 Å². The highest BCUT2D eigenvalue weighted by atomic mass is 16.5. The molecule has 1 aromatic rings. The van der Waals surface area contributed by atoms with Gasteiger partial charge in [-0.2, -0.15) is 0 Å². The van der Waals surface area contributed by atoms with Crippen molar-refractivity contribution >= 4 is 0 Å². The molecule has 1 aliphatic carbocycles. The Kier molecular flexibility index (Phi) is 2.23. The third kappa shape index (κ3) is 1.68. The summed E-state index contributed by atoms with van der Waals surface area (Å²) in [5, 5.41) is 9.89. The van der Waals surface area contributed by atoms with Crippen LogP contribution in [0.5, 0.6) is 5.75 Å². The fourth-order valence-corrected chi connectivity index (χ4v) is 1.58. The Balaban J connectivity index is 2.26. The van der Waals surface area contributed by atoms with Gasteiger partial charge in [-0.1, -0.05) is 18.2 Å². The minimum atomic E-state index is -0.337. The van der Waals surface area contributed by atoms with Crippen LogP contribution in [-0.2, 0) is 0 Å². The first-order valence-corrected chi connectivity index (χ1v) is 4.64. The molecule has 2 heteroatoms. The molecule has 0 bridgehead atoms. The van der Waals surface area contributed by atoms with Gasteiger partial charge in [0.2, 0.25) is 0 Å². The van der Waals surface area contributed by atoms with Gasteiger partial charge < -0.3 is 9.84 Å². The smallest absolute Gasteiger partial charge is 0.124 e. The first-order chi connectivity index (χ1) is 6.33. The summed E-state index contributed by atoms with van der Waals surface area (Å²) >= 11 is 0. The highest BCUT2D eigenvalue weighted by molar-refractivity contribution is 5.35. The molecule has 1 N–H and O–H groups in total. The van der Waals surface area contributed by atoms with Crippen molar-refractivity contribution in [2.75, 3.05) is 7.11 Å². The van der Waals surface area contributed by atoms with E-state index in [4.69, 9.17) is 4.74 Å². The average Bonchev–Trinajstić information content (AvgIpc) is 3.00. The lowest BCUT2D eigenvalue weighted by Crippen LogP contribution is -2.01. The van der Waals surface area contributed by atoms with Crippen molar-refractivity contribution in [3.63, 3.8) is 0 Å². The normalized spacial score (nSPS) is 18.3. The summed E-state index contributed by atoms with van der Waals surface area (Å²) in [5.74, 6) is 1.25. The van der Waals surface area contributed by atoms with Gasteiger partial charge in [-0.25, -0.2) is 0 Å². The molecule has 1 aliphatic rings. The number of methoxy groups -OCH3 is 1. The number of rotatable bonds is 3. The molecule has 0 aromatic heterocycles. The maximum atomic E-state index is 9.89. The molecule has 1 fully saturated rings. The quantitative estimate of drug-likeness (QED) is 0.768. The molecule has 0 aliphatic heterocycles. The van der Waals surface area contributed by atoms with E-state index < -0.39 is 0 Å². The number of hydrogen-bond donors (Lipinski definition) is 1. The van der Waals surface area contributed by atoms with Crippen LogP contribution in [0.1, 0.15) is 24.5 Å². The number of benzene rings is 1. The lowest BCUT2D eigenvalue weighted by atomic mass is 10.0. The average molecular weight is 178 g/mol. The molecule has 0 heterocycles. The van der Waals surface area contributed by atoms with E-state index in [1.165, 1.54) is 0 Å². The zero-order valence-electron chi connectivity index (χ0n) is 7.73. The van der Waals surface area contributed by atoms with Crippen molar-refractivity contribution in [1.29, 1.82) is 0 Å². The van der Waals surface area contributed by atoms with E-state index in [0.29, 0.717) is 5.92 Å². The van der Waals surface area contributed by atoms with E-state index in [9.17, 15) is 5.11 Å². The standard InChI is InChI=1S/C11H14O2/c1-13-10-5-3-2-4-9(10)11(12)8-6-7-8/h2-5,8,11-12H,6-7H2,1H3. The van der Waals surface area contributed by atoms with Crippen LogP contribution in [0.3, 0.4) is 0 Å². The predicted octanol–water partition coefficient (Wildman–Crippen LogP) is 2.14. The Morgan fingerprint density at radius 3 is 2.69 bits per heavy atom. The van der Waals surface area contributed by atoms with E-state index in [2.05, 4.69) is 0 Å². The van der Waals surface area contributed by atoms with Gasteiger partial charge in [0.25, 0.3) is 0 Å². The Morgan fingerprint density at radius 1 is 1.38 bits per heavy atom. The summed E-state index contributed by atoms with van der Waals surface area (Å²) in [7, 11) is 1.64. The zero-order valence-corrected chi connectivity index (χ0v) is 7.73. The van der Waals surface area contributed by atoms with Gasteiger partial charge in [0.05, 0.1) is 13.2 Å². The molecule has 2 nitrogen and oxygen atoms in total. The molecular formula is C11H14O2. The molecule has 1 atom stereocenters. The first kappa shape index (κ1) is 8.57. The van der Waals surface area contributed by atoms with Gasteiger partial charge in [0.1, 0.15) is 5.75 Å². The van der Waals surface area contributed by atoms with Crippen LogP contribution in [0.15, 0.2) is 24.3 Å². The fourth-order valence-electron chi connectivity index (χ4n) is 1.58. The van der Waals surface area contributed by atoms with E-state index in [1.54, 1.807) is 7.11 Å². The van der Waals surface area contributed by atoms with Crippen molar-refractivity contribution in [2.24, 2.45) is 5.92 Å². The van der Waals surface area contributed by atoms with Crippen molar-refractivity contribution < 1.29 is 9.84 Å². The van der Waals surface area contributed by atoms with Crippen LogP contribution in [0.2, 0.25) is 0 Å². The van der Waals surface area contributed by atoms with Crippen molar-refractivity contribution in [2.45, 2.75) is 18.9 Å². The molecule has 0 saturated heterocycles. The number of aliphatic hydroxyl groups is 1. The summed E-state index contributed by atoms with van der Waals surface area (Å²) < 4.78 is 5.18. The van der Waals surface area contributed by atoms with Crippen LogP contribution in [0, 0.1) is 5.92 Å². The maximum Gasteiger partial charge on any atom is 0.124 e. The monoisotopic (exact) mass is 178 g/mol. The van der Waals surface area contributed by atoms with E-state index in [1.807, 2.05) is 24.3 Å². The molecule has 0 radical (unpaired) electrons. The Hall–Kier alpha value is -1.02. The summed E-state index contributed by atoms with van der Waals surface area (Å²) in [4.78, 5) is 0. The number of aliphatic hydroxyl groups excluding tert-OH is 1. The minimum Gasteiger partial charge on any atom is -0.496 e. The molecule has 2 rings (SSSR count). The third-order valence-electron chi connectivity index (χ3n) is 2.53. The molecule has 0 spiro atoms. The number of para-hydroxylation sites is 1. The molecule has 13 heavy (non-hydrogen) atoms. The summed E-state index contributed by atoms with van der Waals surface area (Å²) in [6.07, 6.45) is 1.94. The second-order valence-electron chi connectivity index (χ2n) is 3.52. The highest BCUT2D eigenvalue weighted by Crippen LogP contribution is 2.43. The lowest BCUT2D eigenvalue weighted by molar-refractivity contribution is 0.150. The number of ether oxygens (including phenoxy) is 1. The van der Waals surface area contributed by atoms with Crippen molar-refractivity contribution in [1.82, 2.24) is 0 Å². The molecule has 0 amide bonds. The Morgan fingerprint density at radius 2 is 2.08 bits per heavy atom. The Labute approximate surface area is 78.2 Å². The van der Waals surface area contributed by atoms with Crippen LogP contribution in [0.4, 0.5) is 0 Å². The lowest BCUT2D eigenvalue weighted by Gasteiger charge is -2.13. The highest BCUT2D eigenvalue weighted by Gasteiger charge is 2.32. The fraction of sp³-hybridized carbons (Fsp3) is 0.455. The molecule has 1 aromatic carbocycles. The minimum absolute atomic E-state index is 0.337. The largest absolute Gasteiger partial charge is 0.496 e. The zero-order chi connectivity index (χ0) is 9.26. The molecule has 1 saturated carbocycles. The van der Waals surface area contributed by atoms with Crippen molar-refractivity contribution in [3.05, 3.63) is 29.8 Å². The van der Waals surface area contributed by atoms with Gasteiger partial charge in [0.15, 0.2) is 0 Å². The van der Waals surface area contributed by atoms with Crippen molar-refractivity contribution in [3.8, 4) is 5.75 Å². The summed E-state index contributed by atoms with van der Waals surface area (Å²) in [6.45, 7) is 0.